The van der Waals surface area contributed by atoms with Crippen LogP contribution >= 0.6 is 0 Å². The van der Waals surface area contributed by atoms with E-state index in [-0.39, 0.29) is 0 Å². The molecule has 1 saturated carbocycles. The van der Waals surface area contributed by atoms with Gasteiger partial charge in [-0.05, 0) is 38.1 Å². The number of hydrogen-bond acceptors (Lipinski definition) is 3. The minimum Gasteiger partial charge on any atom is -0.303 e. The highest BCUT2D eigenvalue weighted by atomic mass is 16.6. The van der Waals surface area contributed by atoms with Gasteiger partial charge >= 0.3 is 0 Å². The molecular weight excluding hydrogens is 152 g/mol. The fourth-order valence-corrected chi connectivity index (χ4v) is 2.07. The first-order chi connectivity index (χ1) is 5.90. The largest absolute Gasteiger partial charge is 0.303 e. The summed E-state index contributed by atoms with van der Waals surface area (Å²) in [6.07, 6.45) is 5.46. The molecule has 2 rings (SSSR count). The fourth-order valence-electron chi connectivity index (χ4n) is 2.07. The van der Waals surface area contributed by atoms with Gasteiger partial charge in [-0.3, -0.25) is 4.90 Å². The maximum Gasteiger partial charge on any atom is 0.0834 e. The molecule has 0 amide bonds. The van der Waals surface area contributed by atoms with Crippen molar-refractivity contribution in [2.24, 2.45) is 11.8 Å². The second kappa shape index (κ2) is 3.73. The van der Waals surface area contributed by atoms with E-state index in [0.717, 1.165) is 5.92 Å². The number of rotatable bonds is 4. The Morgan fingerprint density at radius 1 is 1.33 bits per heavy atom. The van der Waals surface area contributed by atoms with Crippen LogP contribution in [0.25, 0.3) is 0 Å². The van der Waals surface area contributed by atoms with Crippen LogP contribution in [0.15, 0.2) is 0 Å². The predicted octanol–water partition coefficient (Wildman–Crippen LogP) is 0.751. The molecule has 3 nitrogen and oxygen atoms in total. The molecule has 1 saturated heterocycles. The van der Waals surface area contributed by atoms with Crippen LogP contribution in [0.3, 0.4) is 0 Å². The number of nitrogens with two attached hydrogens (primary N) is 1. The Bertz CT molecular complexity index is 147. The molecule has 0 spiro atoms. The van der Waals surface area contributed by atoms with Crippen molar-refractivity contribution in [3.63, 3.8) is 0 Å². The lowest BCUT2D eigenvalue weighted by molar-refractivity contribution is 0.0761. The van der Waals surface area contributed by atoms with Crippen molar-refractivity contribution < 1.29 is 4.84 Å². The average Bonchev–Trinajstić information content (AvgIpc) is 2.76. The zero-order valence-electron chi connectivity index (χ0n) is 7.54. The second-order valence-corrected chi connectivity index (χ2v) is 4.07. The Morgan fingerprint density at radius 2 is 2.17 bits per heavy atom. The molecule has 1 heterocycles. The maximum absolute atomic E-state index is 5.09. The molecule has 70 valence electrons. The van der Waals surface area contributed by atoms with E-state index in [9.17, 15) is 0 Å². The molecule has 0 radical (unpaired) electrons. The van der Waals surface area contributed by atoms with Crippen molar-refractivity contribution in [1.29, 1.82) is 0 Å². The van der Waals surface area contributed by atoms with Gasteiger partial charge in [0.1, 0.15) is 0 Å². The Kier molecular flexibility index (Phi) is 2.63. The van der Waals surface area contributed by atoms with Gasteiger partial charge in [-0.2, -0.15) is 0 Å². The molecule has 1 aliphatic carbocycles. The molecule has 1 aliphatic heterocycles. The van der Waals surface area contributed by atoms with E-state index < -0.39 is 0 Å². The Balaban J connectivity index is 1.76. The zero-order valence-corrected chi connectivity index (χ0v) is 7.54. The van der Waals surface area contributed by atoms with Crippen LogP contribution in [0.4, 0.5) is 0 Å². The summed E-state index contributed by atoms with van der Waals surface area (Å²) in [5, 5.41) is 0. The highest BCUT2D eigenvalue weighted by Gasteiger charge is 2.30. The van der Waals surface area contributed by atoms with Crippen LogP contribution < -0.4 is 5.90 Å². The van der Waals surface area contributed by atoms with Crippen molar-refractivity contribution >= 4 is 0 Å². The zero-order chi connectivity index (χ0) is 8.39. The fraction of sp³-hybridized carbons (Fsp3) is 1.00. The molecular formula is C9H18N2O. The molecule has 2 N–H and O–H groups in total. The molecule has 0 unspecified atom stereocenters. The highest BCUT2D eigenvalue weighted by molar-refractivity contribution is 4.84. The number of hydrogen-bond donors (Lipinski definition) is 1. The summed E-state index contributed by atoms with van der Waals surface area (Å²) in [6.45, 7) is 3.26. The first kappa shape index (κ1) is 8.48. The summed E-state index contributed by atoms with van der Waals surface area (Å²) in [5.41, 5.74) is 0. The summed E-state index contributed by atoms with van der Waals surface area (Å²) in [5.74, 6) is 6.08. The lowest BCUT2D eigenvalue weighted by Crippen LogP contribution is -2.35. The molecule has 0 aromatic heterocycles. The van der Waals surface area contributed by atoms with Gasteiger partial charge in [-0.1, -0.05) is 0 Å². The SMILES string of the molecule is NOC[C@@H]1CCCN1CC1CC1. The van der Waals surface area contributed by atoms with Crippen LogP contribution in [-0.2, 0) is 4.84 Å². The average molecular weight is 170 g/mol. The van der Waals surface area contributed by atoms with E-state index in [0.29, 0.717) is 12.6 Å². The molecule has 1 atom stereocenters. The molecule has 2 fully saturated rings. The van der Waals surface area contributed by atoms with Crippen LogP contribution in [0.5, 0.6) is 0 Å². The topological polar surface area (TPSA) is 38.5 Å². The second-order valence-electron chi connectivity index (χ2n) is 4.07. The lowest BCUT2D eigenvalue weighted by atomic mass is 10.2. The first-order valence-corrected chi connectivity index (χ1v) is 4.96. The minimum atomic E-state index is 0.607. The van der Waals surface area contributed by atoms with E-state index in [2.05, 4.69) is 4.90 Å². The van der Waals surface area contributed by atoms with Gasteiger partial charge in [0.05, 0.1) is 6.61 Å². The monoisotopic (exact) mass is 170 g/mol. The van der Waals surface area contributed by atoms with Crippen molar-refractivity contribution in [3.05, 3.63) is 0 Å². The van der Waals surface area contributed by atoms with Gasteiger partial charge in [0.15, 0.2) is 0 Å². The third-order valence-electron chi connectivity index (χ3n) is 2.98. The predicted molar refractivity (Wildman–Crippen MR) is 47.5 cm³/mol. The summed E-state index contributed by atoms with van der Waals surface area (Å²) >= 11 is 0. The highest BCUT2D eigenvalue weighted by Crippen LogP contribution is 2.32. The third-order valence-corrected chi connectivity index (χ3v) is 2.98. The molecule has 3 heteroatoms. The van der Waals surface area contributed by atoms with Crippen molar-refractivity contribution in [1.82, 2.24) is 4.90 Å². The molecule has 12 heavy (non-hydrogen) atoms. The van der Waals surface area contributed by atoms with E-state index in [1.54, 1.807) is 0 Å². The van der Waals surface area contributed by atoms with Crippen LogP contribution in [0.1, 0.15) is 25.7 Å². The van der Waals surface area contributed by atoms with Gasteiger partial charge in [-0.25, -0.2) is 5.90 Å². The number of likely N-dealkylation sites (tertiary alicyclic amines) is 1. The standard InChI is InChI=1S/C9H18N2O/c10-12-7-9-2-1-5-11(9)6-8-3-4-8/h8-9H,1-7,10H2/t9-/m0/s1. The van der Waals surface area contributed by atoms with Crippen molar-refractivity contribution in [2.45, 2.75) is 31.7 Å². The summed E-state index contributed by atoms with van der Waals surface area (Å²) < 4.78 is 0. The maximum atomic E-state index is 5.09. The molecule has 2 aliphatic rings. The van der Waals surface area contributed by atoms with Gasteiger partial charge in [-0.15, -0.1) is 0 Å². The van der Waals surface area contributed by atoms with E-state index in [4.69, 9.17) is 10.7 Å². The Hall–Kier alpha value is -0.120. The third kappa shape index (κ3) is 1.97. The van der Waals surface area contributed by atoms with E-state index in [1.165, 1.54) is 38.8 Å². The Labute approximate surface area is 73.8 Å². The molecule has 0 aromatic carbocycles. The van der Waals surface area contributed by atoms with Crippen LogP contribution in [0, 0.1) is 5.92 Å². The van der Waals surface area contributed by atoms with Gasteiger partial charge < -0.3 is 4.84 Å². The Morgan fingerprint density at radius 3 is 2.83 bits per heavy atom. The van der Waals surface area contributed by atoms with Gasteiger partial charge in [0.2, 0.25) is 0 Å². The molecule has 0 bridgehead atoms. The van der Waals surface area contributed by atoms with Gasteiger partial charge in [0, 0.05) is 12.6 Å². The molecule has 0 aromatic rings. The normalized spacial score (nSPS) is 31.2. The first-order valence-electron chi connectivity index (χ1n) is 4.96. The lowest BCUT2D eigenvalue weighted by Gasteiger charge is -2.22. The van der Waals surface area contributed by atoms with Crippen LogP contribution in [-0.4, -0.2) is 30.6 Å². The quantitative estimate of drug-likeness (QED) is 0.633. The number of nitrogens with zero attached hydrogens (tertiary/aromatic N) is 1. The van der Waals surface area contributed by atoms with Crippen molar-refractivity contribution in [3.8, 4) is 0 Å². The smallest absolute Gasteiger partial charge is 0.0834 e. The van der Waals surface area contributed by atoms with E-state index >= 15 is 0 Å². The minimum absolute atomic E-state index is 0.607. The van der Waals surface area contributed by atoms with Crippen molar-refractivity contribution in [2.75, 3.05) is 19.7 Å². The summed E-state index contributed by atoms with van der Waals surface area (Å²) in [4.78, 5) is 7.26. The van der Waals surface area contributed by atoms with Gasteiger partial charge in [0.25, 0.3) is 0 Å². The summed E-state index contributed by atoms with van der Waals surface area (Å²) in [7, 11) is 0. The van der Waals surface area contributed by atoms with Crippen LogP contribution in [0.2, 0.25) is 0 Å². The summed E-state index contributed by atoms with van der Waals surface area (Å²) in [6, 6.07) is 0.607. The van der Waals surface area contributed by atoms with E-state index in [1.807, 2.05) is 0 Å².